The summed E-state index contributed by atoms with van der Waals surface area (Å²) in [5, 5.41) is 0. The summed E-state index contributed by atoms with van der Waals surface area (Å²) in [6.45, 7) is 4.32. The van der Waals surface area contributed by atoms with Crippen LogP contribution in [-0.2, 0) is 6.42 Å². The lowest BCUT2D eigenvalue weighted by Gasteiger charge is -2.02. The van der Waals surface area contributed by atoms with E-state index in [1.807, 2.05) is 0 Å². The third-order valence-corrected chi connectivity index (χ3v) is 3.42. The van der Waals surface area contributed by atoms with Crippen LogP contribution in [0.3, 0.4) is 0 Å². The predicted octanol–water partition coefficient (Wildman–Crippen LogP) is 4.26. The molecule has 1 heterocycles. The van der Waals surface area contributed by atoms with Gasteiger partial charge in [0.05, 0.1) is 5.69 Å². The molecule has 2 heteroatoms. The van der Waals surface area contributed by atoms with E-state index in [2.05, 4.69) is 48.6 Å². The predicted molar refractivity (Wildman–Crippen MR) is 69.7 cm³/mol. The molecule has 0 aliphatic carbocycles. The van der Waals surface area contributed by atoms with E-state index in [0.29, 0.717) is 0 Å². The number of thiazole rings is 1. The third-order valence-electron chi connectivity index (χ3n) is 2.74. The lowest BCUT2D eigenvalue weighted by molar-refractivity contribution is 0.795. The first-order valence-electron chi connectivity index (χ1n) is 5.74. The number of rotatable bonds is 4. The highest BCUT2D eigenvalue weighted by Gasteiger charge is 2.04. The molecule has 0 amide bonds. The van der Waals surface area contributed by atoms with E-state index in [0.717, 1.165) is 5.69 Å². The summed E-state index contributed by atoms with van der Waals surface area (Å²) < 4.78 is 0. The fourth-order valence-corrected chi connectivity index (χ4v) is 2.28. The van der Waals surface area contributed by atoms with Crippen LogP contribution in [0.25, 0.3) is 11.3 Å². The summed E-state index contributed by atoms with van der Waals surface area (Å²) in [5.74, 6) is 0. The zero-order valence-electron chi connectivity index (χ0n) is 9.79. The summed E-state index contributed by atoms with van der Waals surface area (Å²) in [6, 6.07) is 8.76. The highest BCUT2D eigenvalue weighted by atomic mass is 32.1. The van der Waals surface area contributed by atoms with Crippen LogP contribution >= 0.6 is 11.3 Å². The summed E-state index contributed by atoms with van der Waals surface area (Å²) in [7, 11) is 0. The molecule has 0 N–H and O–H groups in total. The minimum atomic E-state index is 1.08. The molecular formula is C14H16NS. The van der Waals surface area contributed by atoms with Gasteiger partial charge in [0.2, 0.25) is 0 Å². The fourth-order valence-electron chi connectivity index (χ4n) is 1.74. The second kappa shape index (κ2) is 5.26. The first-order chi connectivity index (χ1) is 7.81. The number of nitrogens with zero attached hydrogens (tertiary/aromatic N) is 1. The zero-order valence-corrected chi connectivity index (χ0v) is 10.6. The van der Waals surface area contributed by atoms with Crippen molar-refractivity contribution in [1.29, 1.82) is 0 Å². The Morgan fingerprint density at radius 1 is 1.25 bits per heavy atom. The molecule has 1 aromatic carbocycles. The molecule has 0 saturated carbocycles. The monoisotopic (exact) mass is 230 g/mol. The Morgan fingerprint density at radius 2 is 2.00 bits per heavy atom. The Morgan fingerprint density at radius 3 is 2.56 bits per heavy atom. The molecule has 0 bridgehead atoms. The van der Waals surface area contributed by atoms with Crippen molar-refractivity contribution in [3.05, 3.63) is 40.2 Å². The van der Waals surface area contributed by atoms with Gasteiger partial charge in [0.1, 0.15) is 0 Å². The standard InChI is InChI=1S/C14H16NS/c1-3-4-5-12-6-8-13(9-7-12)14-11(2)16-10-15-14/h6-9H,3-5H2,1-2H3. The maximum Gasteiger partial charge on any atom is 0.153 e. The average Bonchev–Trinajstić information content (AvgIpc) is 2.74. The second-order valence-electron chi connectivity index (χ2n) is 4.01. The lowest BCUT2D eigenvalue weighted by atomic mass is 10.0. The molecule has 0 atom stereocenters. The number of benzene rings is 1. The largest absolute Gasteiger partial charge is 0.233 e. The molecule has 0 spiro atoms. The van der Waals surface area contributed by atoms with Gasteiger partial charge in [0.25, 0.3) is 0 Å². The summed E-state index contributed by atoms with van der Waals surface area (Å²) in [4.78, 5) is 5.51. The quantitative estimate of drug-likeness (QED) is 0.764. The minimum absolute atomic E-state index is 1.08. The number of hydrogen-bond acceptors (Lipinski definition) is 2. The van der Waals surface area contributed by atoms with Crippen LogP contribution in [-0.4, -0.2) is 4.98 Å². The summed E-state index contributed by atoms with van der Waals surface area (Å²) >= 11 is 1.58. The first-order valence-corrected chi connectivity index (χ1v) is 6.55. The first kappa shape index (κ1) is 11.3. The third kappa shape index (κ3) is 2.50. The van der Waals surface area contributed by atoms with E-state index < -0.39 is 0 Å². The normalized spacial score (nSPS) is 10.6. The molecule has 0 aliphatic rings. The van der Waals surface area contributed by atoms with Crippen LogP contribution in [0.5, 0.6) is 0 Å². The maximum absolute atomic E-state index is 4.27. The highest BCUT2D eigenvalue weighted by molar-refractivity contribution is 7.09. The Hall–Kier alpha value is -1.15. The highest BCUT2D eigenvalue weighted by Crippen LogP contribution is 2.24. The molecule has 1 aromatic heterocycles. The lowest BCUT2D eigenvalue weighted by Crippen LogP contribution is -1.85. The molecule has 0 unspecified atom stereocenters. The number of aromatic nitrogens is 1. The molecule has 0 fully saturated rings. The molecular weight excluding hydrogens is 214 g/mol. The molecule has 2 rings (SSSR count). The zero-order chi connectivity index (χ0) is 11.4. The molecule has 83 valence electrons. The van der Waals surface area contributed by atoms with Gasteiger partial charge >= 0.3 is 0 Å². The Kier molecular flexibility index (Phi) is 3.73. The van der Waals surface area contributed by atoms with Crippen LogP contribution in [0.15, 0.2) is 24.3 Å². The Balaban J connectivity index is 2.16. The van der Waals surface area contributed by atoms with Crippen molar-refractivity contribution >= 4 is 11.3 Å². The van der Waals surface area contributed by atoms with Crippen LogP contribution < -0.4 is 0 Å². The molecule has 16 heavy (non-hydrogen) atoms. The van der Waals surface area contributed by atoms with Gasteiger partial charge in [-0.25, -0.2) is 4.98 Å². The summed E-state index contributed by atoms with van der Waals surface area (Å²) in [6.07, 6.45) is 3.70. The van der Waals surface area contributed by atoms with E-state index >= 15 is 0 Å². The van der Waals surface area contributed by atoms with Gasteiger partial charge in [-0.15, -0.1) is 11.3 Å². The summed E-state index contributed by atoms with van der Waals surface area (Å²) in [5.41, 5.74) is 6.64. The van der Waals surface area contributed by atoms with Gasteiger partial charge in [-0.3, -0.25) is 0 Å². The molecule has 1 radical (unpaired) electrons. The SMILES string of the molecule is CCCCc1ccc(-c2n[c]sc2C)cc1. The van der Waals surface area contributed by atoms with Crippen LogP contribution in [0.1, 0.15) is 30.2 Å². The van der Waals surface area contributed by atoms with Gasteiger partial charge < -0.3 is 0 Å². The van der Waals surface area contributed by atoms with Gasteiger partial charge in [-0.1, -0.05) is 37.6 Å². The van der Waals surface area contributed by atoms with E-state index in [-0.39, 0.29) is 0 Å². The van der Waals surface area contributed by atoms with Crippen LogP contribution in [0.2, 0.25) is 0 Å². The van der Waals surface area contributed by atoms with E-state index in [4.69, 9.17) is 0 Å². The van der Waals surface area contributed by atoms with Crippen molar-refractivity contribution in [3.63, 3.8) is 0 Å². The topological polar surface area (TPSA) is 12.9 Å². The smallest absolute Gasteiger partial charge is 0.153 e. The fraction of sp³-hybridized carbons (Fsp3) is 0.357. The van der Waals surface area contributed by atoms with Crippen LogP contribution in [0.4, 0.5) is 0 Å². The van der Waals surface area contributed by atoms with E-state index in [9.17, 15) is 0 Å². The van der Waals surface area contributed by atoms with Gasteiger partial charge in [0, 0.05) is 10.4 Å². The van der Waals surface area contributed by atoms with Crippen molar-refractivity contribution in [1.82, 2.24) is 4.98 Å². The van der Waals surface area contributed by atoms with Crippen molar-refractivity contribution in [2.45, 2.75) is 33.1 Å². The Bertz CT molecular complexity index is 442. The molecule has 2 aromatic rings. The number of hydrogen-bond donors (Lipinski definition) is 0. The molecule has 0 saturated heterocycles. The minimum Gasteiger partial charge on any atom is -0.233 e. The van der Waals surface area contributed by atoms with Crippen molar-refractivity contribution in [3.8, 4) is 11.3 Å². The van der Waals surface area contributed by atoms with Gasteiger partial charge in [0.15, 0.2) is 5.51 Å². The van der Waals surface area contributed by atoms with E-state index in [1.165, 1.54) is 35.3 Å². The van der Waals surface area contributed by atoms with Gasteiger partial charge in [-0.2, -0.15) is 0 Å². The second-order valence-corrected chi connectivity index (χ2v) is 5.01. The maximum atomic E-state index is 4.27. The molecule has 0 aliphatic heterocycles. The Labute approximate surface area is 101 Å². The number of aryl methyl sites for hydroxylation is 2. The van der Waals surface area contributed by atoms with E-state index in [1.54, 1.807) is 11.3 Å². The van der Waals surface area contributed by atoms with Crippen molar-refractivity contribution in [2.75, 3.05) is 0 Å². The molecule has 1 nitrogen and oxygen atoms in total. The van der Waals surface area contributed by atoms with Crippen molar-refractivity contribution < 1.29 is 0 Å². The van der Waals surface area contributed by atoms with Gasteiger partial charge in [-0.05, 0) is 25.3 Å². The average molecular weight is 230 g/mol. The van der Waals surface area contributed by atoms with Crippen LogP contribution in [0, 0.1) is 12.4 Å². The number of unbranched alkanes of at least 4 members (excludes halogenated alkanes) is 1. The van der Waals surface area contributed by atoms with Crippen molar-refractivity contribution in [2.24, 2.45) is 0 Å².